The van der Waals surface area contributed by atoms with Crippen LogP contribution in [0.3, 0.4) is 0 Å². The molecular formula is C24H31N5O3S. The third-order valence-electron chi connectivity index (χ3n) is 6.33. The maximum absolute atomic E-state index is 12.6. The van der Waals surface area contributed by atoms with E-state index >= 15 is 0 Å². The minimum absolute atomic E-state index is 0.205. The van der Waals surface area contributed by atoms with E-state index < -0.39 is 5.69 Å². The standard InChI is InChI=1S/C24H31N5O3S/c1-16-7-5-8-18(13-16)29-12-11-28(15-17(29)2)10-6-9-25-21(30)20-14-19-22(31)26(3)24(32)27(4)23(19)33-20/h5,7-8,13-14,17H,6,9-12,15H2,1-4H3,(H,25,30)/t17-/m0/s1. The number of aromatic nitrogens is 2. The molecule has 3 aromatic rings. The van der Waals surface area contributed by atoms with Gasteiger partial charge < -0.3 is 10.2 Å². The van der Waals surface area contributed by atoms with Gasteiger partial charge in [0.25, 0.3) is 11.5 Å². The number of anilines is 1. The minimum Gasteiger partial charge on any atom is -0.366 e. The third kappa shape index (κ3) is 4.74. The van der Waals surface area contributed by atoms with Gasteiger partial charge in [0, 0.05) is 52.0 Å². The van der Waals surface area contributed by atoms with Crippen LogP contribution in [-0.4, -0.2) is 58.7 Å². The third-order valence-corrected chi connectivity index (χ3v) is 7.54. The monoisotopic (exact) mass is 469 g/mol. The molecule has 0 bridgehead atoms. The van der Waals surface area contributed by atoms with E-state index in [9.17, 15) is 14.4 Å². The highest BCUT2D eigenvalue weighted by Gasteiger charge is 2.23. The lowest BCUT2D eigenvalue weighted by Crippen LogP contribution is -2.52. The molecule has 176 valence electrons. The summed E-state index contributed by atoms with van der Waals surface area (Å²) in [6, 6.07) is 10.7. The van der Waals surface area contributed by atoms with Gasteiger partial charge in [-0.15, -0.1) is 11.3 Å². The van der Waals surface area contributed by atoms with Crippen molar-refractivity contribution >= 4 is 33.1 Å². The second-order valence-electron chi connectivity index (χ2n) is 8.83. The van der Waals surface area contributed by atoms with Gasteiger partial charge in [-0.2, -0.15) is 0 Å². The number of benzene rings is 1. The Morgan fingerprint density at radius 2 is 1.94 bits per heavy atom. The molecule has 0 radical (unpaired) electrons. The fourth-order valence-corrected chi connectivity index (χ4v) is 5.51. The van der Waals surface area contributed by atoms with Crippen molar-refractivity contribution in [1.82, 2.24) is 19.4 Å². The van der Waals surface area contributed by atoms with Crippen LogP contribution in [-0.2, 0) is 14.1 Å². The number of fused-ring (bicyclic) bond motifs is 1. The summed E-state index contributed by atoms with van der Waals surface area (Å²) in [6.07, 6.45) is 0.855. The predicted octanol–water partition coefficient (Wildman–Crippen LogP) is 1.94. The van der Waals surface area contributed by atoms with E-state index in [4.69, 9.17) is 0 Å². The number of aryl methyl sites for hydroxylation is 2. The van der Waals surface area contributed by atoms with E-state index in [0.717, 1.165) is 37.2 Å². The van der Waals surface area contributed by atoms with Gasteiger partial charge in [0.1, 0.15) is 4.83 Å². The van der Waals surface area contributed by atoms with Crippen LogP contribution in [0.5, 0.6) is 0 Å². The van der Waals surface area contributed by atoms with Gasteiger partial charge in [0.15, 0.2) is 0 Å². The van der Waals surface area contributed by atoms with Crippen LogP contribution in [0.15, 0.2) is 39.9 Å². The zero-order valence-corrected chi connectivity index (χ0v) is 20.4. The average molecular weight is 470 g/mol. The van der Waals surface area contributed by atoms with Crippen LogP contribution in [0.25, 0.3) is 10.2 Å². The Morgan fingerprint density at radius 1 is 1.15 bits per heavy atom. The molecule has 1 aromatic carbocycles. The molecule has 2 aromatic heterocycles. The van der Waals surface area contributed by atoms with Crippen LogP contribution in [0.1, 0.15) is 28.6 Å². The Kier molecular flexibility index (Phi) is 6.71. The molecule has 3 heterocycles. The van der Waals surface area contributed by atoms with Crippen molar-refractivity contribution in [1.29, 1.82) is 0 Å². The van der Waals surface area contributed by atoms with Gasteiger partial charge in [0.05, 0.1) is 10.3 Å². The highest BCUT2D eigenvalue weighted by Crippen LogP contribution is 2.22. The Morgan fingerprint density at radius 3 is 2.67 bits per heavy atom. The van der Waals surface area contributed by atoms with E-state index in [1.54, 1.807) is 13.1 Å². The molecule has 1 saturated heterocycles. The number of carbonyl (C=O) groups is 1. The first kappa shape index (κ1) is 23.3. The van der Waals surface area contributed by atoms with Crippen molar-refractivity contribution < 1.29 is 4.79 Å². The Balaban J connectivity index is 1.29. The number of nitrogens with zero attached hydrogens (tertiary/aromatic N) is 4. The molecule has 0 aliphatic carbocycles. The largest absolute Gasteiger partial charge is 0.366 e. The van der Waals surface area contributed by atoms with Crippen molar-refractivity contribution in [3.8, 4) is 0 Å². The number of nitrogens with one attached hydrogen (secondary N) is 1. The van der Waals surface area contributed by atoms with Gasteiger partial charge in [-0.05, 0) is 50.6 Å². The summed E-state index contributed by atoms with van der Waals surface area (Å²) in [5.41, 5.74) is 1.80. The lowest BCUT2D eigenvalue weighted by atomic mass is 10.1. The maximum atomic E-state index is 12.6. The summed E-state index contributed by atoms with van der Waals surface area (Å²) >= 11 is 1.18. The zero-order chi connectivity index (χ0) is 23.7. The lowest BCUT2D eigenvalue weighted by Gasteiger charge is -2.41. The van der Waals surface area contributed by atoms with Crippen LogP contribution in [0.4, 0.5) is 5.69 Å². The number of thiophene rings is 1. The molecule has 33 heavy (non-hydrogen) atoms. The fraction of sp³-hybridized carbons (Fsp3) is 0.458. The number of amides is 1. The van der Waals surface area contributed by atoms with E-state index in [0.29, 0.717) is 27.7 Å². The molecule has 0 saturated carbocycles. The molecule has 1 aliphatic rings. The molecule has 1 atom stereocenters. The summed E-state index contributed by atoms with van der Waals surface area (Å²) < 4.78 is 2.48. The van der Waals surface area contributed by atoms with E-state index in [1.165, 1.54) is 34.2 Å². The van der Waals surface area contributed by atoms with Gasteiger partial charge in [-0.1, -0.05) is 12.1 Å². The Hall–Kier alpha value is -2.91. The van der Waals surface area contributed by atoms with Crippen molar-refractivity contribution in [2.75, 3.05) is 37.6 Å². The van der Waals surface area contributed by atoms with Crippen molar-refractivity contribution in [2.45, 2.75) is 26.3 Å². The molecule has 0 spiro atoms. The smallest absolute Gasteiger partial charge is 0.331 e. The normalized spacial score (nSPS) is 17.0. The van der Waals surface area contributed by atoms with Crippen molar-refractivity contribution in [2.24, 2.45) is 14.1 Å². The first-order valence-corrected chi connectivity index (χ1v) is 12.1. The molecular weight excluding hydrogens is 438 g/mol. The number of hydrogen-bond donors (Lipinski definition) is 1. The Bertz CT molecular complexity index is 1290. The van der Waals surface area contributed by atoms with Crippen molar-refractivity contribution in [3.63, 3.8) is 0 Å². The molecule has 8 nitrogen and oxygen atoms in total. The topological polar surface area (TPSA) is 79.6 Å². The second-order valence-corrected chi connectivity index (χ2v) is 9.86. The predicted molar refractivity (Wildman–Crippen MR) is 134 cm³/mol. The molecule has 1 fully saturated rings. The average Bonchev–Trinajstić information content (AvgIpc) is 3.25. The quantitative estimate of drug-likeness (QED) is 0.558. The molecule has 1 N–H and O–H groups in total. The number of carbonyl (C=O) groups excluding carboxylic acids is 1. The van der Waals surface area contributed by atoms with E-state index in [1.807, 2.05) is 0 Å². The van der Waals surface area contributed by atoms with E-state index in [-0.39, 0.29) is 11.5 Å². The summed E-state index contributed by atoms with van der Waals surface area (Å²) in [7, 11) is 3.06. The zero-order valence-electron chi connectivity index (χ0n) is 19.6. The minimum atomic E-state index is -0.391. The van der Waals surface area contributed by atoms with Gasteiger partial charge in [-0.3, -0.25) is 23.6 Å². The SMILES string of the molecule is Cc1cccc(N2CCN(CCCNC(=O)c3cc4c(=O)n(C)c(=O)n(C)c4s3)C[C@@H]2C)c1. The number of piperazine rings is 1. The van der Waals surface area contributed by atoms with Gasteiger partial charge in [-0.25, -0.2) is 4.79 Å². The second kappa shape index (κ2) is 9.52. The van der Waals surface area contributed by atoms with E-state index in [2.05, 4.69) is 53.2 Å². The number of hydrogen-bond acceptors (Lipinski definition) is 6. The summed E-state index contributed by atoms with van der Waals surface area (Å²) in [6.45, 7) is 8.86. The summed E-state index contributed by atoms with van der Waals surface area (Å²) in [4.78, 5) is 43.0. The number of rotatable bonds is 6. The van der Waals surface area contributed by atoms with Gasteiger partial charge >= 0.3 is 5.69 Å². The highest BCUT2D eigenvalue weighted by atomic mass is 32.1. The van der Waals surface area contributed by atoms with Crippen LogP contribution in [0.2, 0.25) is 0 Å². The first-order valence-electron chi connectivity index (χ1n) is 11.3. The Labute approximate surface area is 197 Å². The molecule has 4 rings (SSSR count). The van der Waals surface area contributed by atoms with Crippen LogP contribution < -0.4 is 21.5 Å². The molecule has 1 amide bonds. The van der Waals surface area contributed by atoms with Crippen molar-refractivity contribution in [3.05, 3.63) is 61.6 Å². The fourth-order valence-electron chi connectivity index (χ4n) is 4.49. The maximum Gasteiger partial charge on any atom is 0.331 e. The summed E-state index contributed by atoms with van der Waals surface area (Å²) in [5.74, 6) is -0.205. The van der Waals surface area contributed by atoms with Crippen LogP contribution in [0, 0.1) is 6.92 Å². The highest BCUT2D eigenvalue weighted by molar-refractivity contribution is 7.20. The van der Waals surface area contributed by atoms with Crippen LogP contribution >= 0.6 is 11.3 Å². The van der Waals surface area contributed by atoms with Gasteiger partial charge in [0.2, 0.25) is 0 Å². The summed E-state index contributed by atoms with van der Waals surface area (Å²) in [5, 5.41) is 3.36. The molecule has 1 aliphatic heterocycles. The molecule has 0 unspecified atom stereocenters. The first-order chi connectivity index (χ1) is 15.8. The lowest BCUT2D eigenvalue weighted by molar-refractivity contribution is 0.0955. The molecule has 9 heteroatoms.